The molecule has 0 aliphatic heterocycles. The van der Waals surface area contributed by atoms with Crippen LogP contribution in [0.4, 0.5) is 17.5 Å². The van der Waals surface area contributed by atoms with Gasteiger partial charge in [0.2, 0.25) is 0 Å². The van der Waals surface area contributed by atoms with Crippen LogP contribution < -0.4 is 21.7 Å². The van der Waals surface area contributed by atoms with Crippen LogP contribution >= 0.6 is 34.8 Å². The first-order chi connectivity index (χ1) is 40.8. The Morgan fingerprint density at radius 1 is 0.494 bits per heavy atom. The molecule has 0 radical (unpaired) electrons. The lowest BCUT2D eigenvalue weighted by Crippen LogP contribution is -2.44. The van der Waals surface area contributed by atoms with Crippen LogP contribution in [0.3, 0.4) is 0 Å². The molecular weight excluding hydrogens is 1130 g/mol. The topological polar surface area (TPSA) is 242 Å². The van der Waals surface area contributed by atoms with Gasteiger partial charge in [0.05, 0.1) is 41.3 Å². The Hall–Kier alpha value is -7.02. The van der Waals surface area contributed by atoms with Crippen molar-refractivity contribution in [2.45, 2.75) is 153 Å². The monoisotopic (exact) mass is 1210 g/mol. The van der Waals surface area contributed by atoms with Crippen LogP contribution in [0.25, 0.3) is 61.2 Å². The van der Waals surface area contributed by atoms with Gasteiger partial charge in [-0.2, -0.15) is 0 Å². The zero-order valence-corrected chi connectivity index (χ0v) is 51.8. The van der Waals surface area contributed by atoms with Gasteiger partial charge < -0.3 is 31.9 Å². The lowest BCUT2D eigenvalue weighted by atomic mass is 9.75. The molecule has 0 unspecified atom stereocenters. The predicted molar refractivity (Wildman–Crippen MR) is 344 cm³/mol. The number of nitrogens with two attached hydrogens (primary N) is 1. The summed E-state index contributed by atoms with van der Waals surface area (Å²) in [5, 5.41) is 48.3. The van der Waals surface area contributed by atoms with Crippen LogP contribution in [0.1, 0.15) is 119 Å². The first-order valence-corrected chi connectivity index (χ1v) is 30.5. The molecule has 9 aromatic rings. The van der Waals surface area contributed by atoms with Gasteiger partial charge in [-0.1, -0.05) is 90.2 Å². The van der Waals surface area contributed by atoms with E-state index in [-0.39, 0.29) is 11.1 Å². The van der Waals surface area contributed by atoms with Crippen molar-refractivity contribution in [2.24, 2.45) is 28.6 Å². The van der Waals surface area contributed by atoms with Gasteiger partial charge in [-0.15, -0.1) is 15.3 Å². The van der Waals surface area contributed by atoms with Crippen LogP contribution in [-0.2, 0) is 0 Å². The van der Waals surface area contributed by atoms with Gasteiger partial charge in [0.25, 0.3) is 0 Å². The van der Waals surface area contributed by atoms with E-state index in [1.807, 2.05) is 169 Å². The predicted octanol–water partition coefficient (Wildman–Crippen LogP) is 15.3. The summed E-state index contributed by atoms with van der Waals surface area (Å²) in [4.78, 5) is 16.4. The zero-order valence-electron chi connectivity index (χ0n) is 49.5. The van der Waals surface area contributed by atoms with E-state index in [9.17, 15) is 5.11 Å². The summed E-state index contributed by atoms with van der Waals surface area (Å²) >= 11 is 18.4. The zero-order chi connectivity index (χ0) is 60.5. The van der Waals surface area contributed by atoms with Gasteiger partial charge in [-0.05, 0) is 201 Å². The van der Waals surface area contributed by atoms with Crippen molar-refractivity contribution < 1.29 is 10.2 Å². The molecule has 0 bridgehead atoms. The highest BCUT2D eigenvalue weighted by Crippen LogP contribution is 2.38. The Labute approximate surface area is 512 Å². The second-order valence-electron chi connectivity index (χ2n) is 24.3. The number of aliphatic hydroxyl groups is 2. The van der Waals surface area contributed by atoms with E-state index >= 15 is 0 Å². The Morgan fingerprint density at radius 3 is 1.11 bits per heavy atom. The van der Waals surface area contributed by atoms with Gasteiger partial charge in [-0.3, -0.25) is 0 Å². The lowest BCUT2D eigenvalue weighted by molar-refractivity contribution is -0.000411. The summed E-state index contributed by atoms with van der Waals surface area (Å²) in [6.07, 6.45) is 18.3. The van der Waals surface area contributed by atoms with E-state index in [4.69, 9.17) is 66.5 Å². The molecule has 6 heterocycles. The van der Waals surface area contributed by atoms with Crippen LogP contribution in [0, 0.1) is 17.8 Å². The lowest BCUT2D eigenvalue weighted by Gasteiger charge is -2.37. The molecule has 7 N–H and O–H groups in total. The third-order valence-corrected chi connectivity index (χ3v) is 17.7. The van der Waals surface area contributed by atoms with Gasteiger partial charge in [0.1, 0.15) is 17.5 Å². The molecule has 3 aliphatic rings. The maximum absolute atomic E-state index is 10.2. The van der Waals surface area contributed by atoms with Gasteiger partial charge in [0.15, 0.2) is 16.9 Å². The molecule has 3 fully saturated rings. The number of nitrogens with one attached hydrogen (secondary N) is 3. The molecule has 0 saturated heterocycles. The van der Waals surface area contributed by atoms with Crippen molar-refractivity contribution in [3.05, 3.63) is 153 Å². The number of aromatic nitrogens is 9. The molecule has 12 rings (SSSR count). The highest BCUT2D eigenvalue weighted by Gasteiger charge is 2.34. The number of halogens is 3. The number of azide groups is 1. The molecule has 6 aromatic heterocycles. The summed E-state index contributed by atoms with van der Waals surface area (Å²) < 4.78 is 5.59. The molecule has 0 spiro atoms. The van der Waals surface area contributed by atoms with Crippen molar-refractivity contribution in [3.8, 4) is 33.8 Å². The summed E-state index contributed by atoms with van der Waals surface area (Å²) in [5.74, 6) is 3.92. The molecule has 21 heteroatoms. The normalized spacial score (nSPS) is 20.0. The quantitative estimate of drug-likeness (QED) is 0.0359. The van der Waals surface area contributed by atoms with Crippen LogP contribution in [-0.4, -0.2) is 95.9 Å². The van der Waals surface area contributed by atoms with E-state index in [2.05, 4.69) is 54.8 Å². The molecule has 3 saturated carbocycles. The van der Waals surface area contributed by atoms with Gasteiger partial charge >= 0.3 is 0 Å². The number of benzene rings is 3. The minimum absolute atomic E-state index is 0.0925. The average molecular weight is 1210 g/mol. The molecule has 3 aromatic carbocycles. The number of aliphatic hydroxyl groups excluding tert-OH is 1. The highest BCUT2D eigenvalue weighted by molar-refractivity contribution is 6.31. The summed E-state index contributed by atoms with van der Waals surface area (Å²) in [5.41, 5.74) is 22.2. The number of nitrogens with zero attached hydrogens (tertiary/aromatic N) is 12. The van der Waals surface area contributed by atoms with Crippen LogP contribution in [0.2, 0.25) is 15.1 Å². The number of rotatable bonds is 13. The van der Waals surface area contributed by atoms with Crippen molar-refractivity contribution in [1.29, 1.82) is 0 Å². The largest absolute Gasteiger partial charge is 0.400 e. The standard InChI is InChI=1S/C21H24ClN7.C21H26ClN5.C21H25ClN4O.CH4O/c1-21(2,27-28-23)15-6-8-17(9-7-15)25-19-10-11-20-24-13-18(29(20)26-19)14-4-3-5-16(22)12-14;1-21(2,23)15-6-8-17(9-7-15)25-19-10-11-20-24-13-18(27(20)26-19)14-4-3-5-16(22)12-14;1-21(2,27)15-6-8-17(9-7-15)24-19-10-11-20-23-13-18(26(20)25-19)14-4-3-5-16(22)12-14;1-2/h3-5,10-13,15,17H,6-9H2,1-2H3,(H,25,26);3-5,10-13,15,17H,6-9,23H2,1-2H3,(H,25,26);3-5,10-13,15,17,27H,6-9H2,1-2H3,(H,24,25);2H,1H3. The van der Waals surface area contributed by atoms with Crippen LogP contribution in [0.15, 0.2) is 133 Å². The van der Waals surface area contributed by atoms with Crippen molar-refractivity contribution in [1.82, 2.24) is 43.8 Å². The third-order valence-electron chi connectivity index (χ3n) is 17.0. The molecule has 448 valence electrons. The SMILES string of the molecule is CC(C)(N)C1CCC(Nc2ccc3ncc(-c4cccc(Cl)c4)n3n2)CC1.CC(C)(N=[N+]=[N-])C1CCC(Nc2ccc3ncc(-c4cccc(Cl)c4)n3n2)CC1.CC(C)(O)C1CCC(Nc2ccc3ncc(-c4cccc(Cl)c4)n3n2)CC1.CO. The third kappa shape index (κ3) is 15.9. The Kier molecular flexibility index (Phi) is 20.3. The maximum Gasteiger partial charge on any atom is 0.154 e. The first kappa shape index (κ1) is 62.5. The van der Waals surface area contributed by atoms with E-state index < -0.39 is 5.60 Å². The van der Waals surface area contributed by atoms with Crippen molar-refractivity contribution in [2.75, 3.05) is 23.1 Å². The average Bonchev–Trinajstić information content (AvgIpc) is 4.00. The minimum Gasteiger partial charge on any atom is -0.400 e. The van der Waals surface area contributed by atoms with E-state index in [1.54, 1.807) is 0 Å². The Bertz CT molecular complexity index is 3550. The first-order valence-electron chi connectivity index (χ1n) is 29.4. The molecule has 0 amide bonds. The molecule has 85 heavy (non-hydrogen) atoms. The number of anilines is 3. The fourth-order valence-electron chi connectivity index (χ4n) is 12.1. The summed E-state index contributed by atoms with van der Waals surface area (Å²) in [6, 6.07) is 36.3. The van der Waals surface area contributed by atoms with E-state index in [1.165, 1.54) is 0 Å². The second kappa shape index (κ2) is 27.6. The maximum atomic E-state index is 10.2. The molecule has 0 atom stereocenters. The smallest absolute Gasteiger partial charge is 0.154 e. The van der Waals surface area contributed by atoms with Gasteiger partial charge in [-0.25, -0.2) is 28.5 Å². The minimum atomic E-state index is -0.592. The highest BCUT2D eigenvalue weighted by atomic mass is 35.5. The van der Waals surface area contributed by atoms with E-state index in [0.717, 1.165) is 152 Å². The summed E-state index contributed by atoms with van der Waals surface area (Å²) in [7, 11) is 1.00. The van der Waals surface area contributed by atoms with Crippen molar-refractivity contribution >= 4 is 69.2 Å². The van der Waals surface area contributed by atoms with Crippen molar-refractivity contribution in [3.63, 3.8) is 0 Å². The molecular formula is C64H79Cl3N16O2. The number of fused-ring (bicyclic) bond motifs is 3. The number of hydrogen-bond donors (Lipinski definition) is 6. The molecule has 18 nitrogen and oxygen atoms in total. The Balaban J connectivity index is 0.000000150. The summed E-state index contributed by atoms with van der Waals surface area (Å²) in [6.45, 7) is 12.2. The number of imidazole rings is 3. The van der Waals surface area contributed by atoms with E-state index in [0.29, 0.717) is 50.9 Å². The number of hydrogen-bond acceptors (Lipinski definition) is 13. The van der Waals surface area contributed by atoms with Gasteiger partial charge in [0, 0.05) is 73.0 Å². The fourth-order valence-corrected chi connectivity index (χ4v) is 12.7. The van der Waals surface area contributed by atoms with Crippen LogP contribution in [0.5, 0.6) is 0 Å². The molecule has 3 aliphatic carbocycles. The Morgan fingerprint density at radius 2 is 0.812 bits per heavy atom. The fraction of sp³-hybridized carbons (Fsp3) is 0.438. The second-order valence-corrected chi connectivity index (χ2v) is 25.6.